The fourth-order valence-electron chi connectivity index (χ4n) is 6.84. The summed E-state index contributed by atoms with van der Waals surface area (Å²) < 4.78 is 6.87. The van der Waals surface area contributed by atoms with Crippen molar-refractivity contribution in [2.75, 3.05) is 4.90 Å². The first-order valence-electron chi connectivity index (χ1n) is 15.7. The number of rotatable bonds is 5. The van der Waals surface area contributed by atoms with Crippen LogP contribution in [0.5, 0.6) is 0 Å². The Morgan fingerprint density at radius 2 is 0.935 bits per heavy atom. The molecule has 2 heteroatoms. The van der Waals surface area contributed by atoms with Gasteiger partial charge in [0, 0.05) is 38.8 Å². The second-order valence-electron chi connectivity index (χ2n) is 11.7. The molecule has 0 fully saturated rings. The van der Waals surface area contributed by atoms with Crippen molar-refractivity contribution in [1.82, 2.24) is 0 Å². The van der Waals surface area contributed by atoms with Crippen LogP contribution in [-0.4, -0.2) is 0 Å². The lowest BCUT2D eigenvalue weighted by Gasteiger charge is -2.26. The minimum Gasteiger partial charge on any atom is -0.455 e. The summed E-state index contributed by atoms with van der Waals surface area (Å²) in [4.78, 5) is 2.32. The van der Waals surface area contributed by atoms with Crippen molar-refractivity contribution in [3.63, 3.8) is 0 Å². The van der Waals surface area contributed by atoms with Crippen LogP contribution in [0.25, 0.3) is 65.7 Å². The molecular weight excluding hydrogens is 558 g/mol. The molecule has 0 atom stereocenters. The highest BCUT2D eigenvalue weighted by atomic mass is 16.3. The molecule has 0 aliphatic carbocycles. The van der Waals surface area contributed by atoms with E-state index in [0.717, 1.165) is 50.1 Å². The maximum atomic E-state index is 6.87. The van der Waals surface area contributed by atoms with Gasteiger partial charge < -0.3 is 9.32 Å². The van der Waals surface area contributed by atoms with Crippen molar-refractivity contribution >= 4 is 60.5 Å². The van der Waals surface area contributed by atoms with Crippen molar-refractivity contribution in [2.45, 2.75) is 0 Å². The molecule has 0 radical (unpaired) electrons. The number of benzene rings is 8. The molecule has 0 bridgehead atoms. The van der Waals surface area contributed by atoms with Gasteiger partial charge >= 0.3 is 0 Å². The predicted molar refractivity (Wildman–Crippen MR) is 194 cm³/mol. The number of nitrogens with zero attached hydrogens (tertiary/aromatic N) is 1. The van der Waals surface area contributed by atoms with Gasteiger partial charge in [0.2, 0.25) is 0 Å². The van der Waals surface area contributed by atoms with Crippen LogP contribution in [0.1, 0.15) is 0 Å². The Labute approximate surface area is 267 Å². The molecule has 0 unspecified atom stereocenters. The van der Waals surface area contributed by atoms with Crippen molar-refractivity contribution < 1.29 is 4.42 Å². The van der Waals surface area contributed by atoms with Gasteiger partial charge in [-0.3, -0.25) is 0 Å². The summed E-state index contributed by atoms with van der Waals surface area (Å²) in [5.74, 6) is 0. The van der Waals surface area contributed by atoms with Gasteiger partial charge in [0.1, 0.15) is 11.2 Å². The smallest absolute Gasteiger partial charge is 0.143 e. The third kappa shape index (κ3) is 4.35. The maximum Gasteiger partial charge on any atom is 0.143 e. The molecule has 1 aromatic heterocycles. The maximum absolute atomic E-state index is 6.87. The Morgan fingerprint density at radius 3 is 1.78 bits per heavy atom. The lowest BCUT2D eigenvalue weighted by atomic mass is 9.98. The first-order valence-corrected chi connectivity index (χ1v) is 15.7. The third-order valence-corrected chi connectivity index (χ3v) is 9.03. The molecule has 9 rings (SSSR count). The van der Waals surface area contributed by atoms with Crippen LogP contribution in [0.4, 0.5) is 17.1 Å². The summed E-state index contributed by atoms with van der Waals surface area (Å²) in [7, 11) is 0. The van der Waals surface area contributed by atoms with Gasteiger partial charge in [-0.15, -0.1) is 0 Å². The van der Waals surface area contributed by atoms with Crippen molar-refractivity contribution in [3.8, 4) is 22.3 Å². The van der Waals surface area contributed by atoms with E-state index in [1.54, 1.807) is 0 Å². The van der Waals surface area contributed by atoms with Gasteiger partial charge in [0.25, 0.3) is 0 Å². The Bertz CT molecular complexity index is 2510. The Kier molecular flexibility index (Phi) is 6.17. The molecule has 2 nitrogen and oxygen atoms in total. The second kappa shape index (κ2) is 10.8. The Hall–Kier alpha value is -6.12. The summed E-state index contributed by atoms with van der Waals surface area (Å²) in [6.07, 6.45) is 0. The van der Waals surface area contributed by atoms with Gasteiger partial charge in [-0.05, 0) is 75.3 Å². The van der Waals surface area contributed by atoms with Gasteiger partial charge in [0.15, 0.2) is 0 Å². The van der Waals surface area contributed by atoms with Gasteiger partial charge in [-0.25, -0.2) is 0 Å². The summed E-state index contributed by atoms with van der Waals surface area (Å²) in [6.45, 7) is 0. The molecule has 0 amide bonds. The molecule has 0 spiro atoms. The van der Waals surface area contributed by atoms with E-state index in [1.807, 2.05) is 0 Å². The van der Waals surface area contributed by atoms with E-state index < -0.39 is 0 Å². The summed E-state index contributed by atoms with van der Waals surface area (Å²) in [5.41, 5.74) is 9.74. The summed E-state index contributed by atoms with van der Waals surface area (Å²) >= 11 is 0. The fourth-order valence-corrected chi connectivity index (χ4v) is 6.84. The van der Waals surface area contributed by atoms with Gasteiger partial charge in [0.05, 0.1) is 0 Å². The van der Waals surface area contributed by atoms with Crippen LogP contribution >= 0.6 is 0 Å². The number of anilines is 3. The predicted octanol–water partition coefficient (Wildman–Crippen LogP) is 12.7. The zero-order chi connectivity index (χ0) is 30.5. The second-order valence-corrected chi connectivity index (χ2v) is 11.7. The molecule has 46 heavy (non-hydrogen) atoms. The molecule has 0 saturated carbocycles. The number of fused-ring (bicyclic) bond motifs is 7. The van der Waals surface area contributed by atoms with Crippen molar-refractivity contribution in [3.05, 3.63) is 176 Å². The van der Waals surface area contributed by atoms with E-state index in [0.29, 0.717) is 0 Å². The molecule has 0 saturated heterocycles. The lowest BCUT2D eigenvalue weighted by molar-refractivity contribution is 0.674. The average molecular weight is 588 g/mol. The highest BCUT2D eigenvalue weighted by Crippen LogP contribution is 2.42. The average Bonchev–Trinajstić information content (AvgIpc) is 3.52. The zero-order valence-corrected chi connectivity index (χ0v) is 25.1. The zero-order valence-electron chi connectivity index (χ0n) is 25.1. The molecular formula is C44H29NO. The molecule has 0 aliphatic rings. The highest BCUT2D eigenvalue weighted by molar-refractivity contribution is 6.24. The molecule has 216 valence electrons. The van der Waals surface area contributed by atoms with E-state index in [1.165, 1.54) is 32.7 Å². The van der Waals surface area contributed by atoms with E-state index in [9.17, 15) is 0 Å². The lowest BCUT2D eigenvalue weighted by Crippen LogP contribution is -2.09. The minimum atomic E-state index is 0.911. The Balaban J connectivity index is 1.20. The Morgan fingerprint density at radius 1 is 0.348 bits per heavy atom. The van der Waals surface area contributed by atoms with E-state index in [4.69, 9.17) is 4.42 Å². The van der Waals surface area contributed by atoms with Crippen LogP contribution in [0.3, 0.4) is 0 Å². The fraction of sp³-hybridized carbons (Fsp3) is 0. The number of hydrogen-bond donors (Lipinski definition) is 0. The van der Waals surface area contributed by atoms with Crippen LogP contribution in [0, 0.1) is 0 Å². The van der Waals surface area contributed by atoms with Crippen LogP contribution in [-0.2, 0) is 0 Å². The quantitative estimate of drug-likeness (QED) is 0.186. The van der Waals surface area contributed by atoms with Gasteiger partial charge in [-0.1, -0.05) is 133 Å². The third-order valence-electron chi connectivity index (χ3n) is 9.03. The van der Waals surface area contributed by atoms with Crippen LogP contribution < -0.4 is 4.90 Å². The molecule has 0 aliphatic heterocycles. The van der Waals surface area contributed by atoms with E-state index in [2.05, 4.69) is 181 Å². The van der Waals surface area contributed by atoms with E-state index in [-0.39, 0.29) is 0 Å². The molecule has 9 aromatic rings. The standard InChI is InChI=1S/C44H29NO/c1-3-11-30(12-4-1)31-23-26-36(27-24-31)45(35-15-5-2-6-16-35)37-17-9-14-34(29-37)39-19-10-20-40-41-28-25-33-22-21-32-13-7-8-18-38(32)42(33)44(41)46-43(39)40/h1-29H. The van der Waals surface area contributed by atoms with Crippen LogP contribution in [0.15, 0.2) is 180 Å². The van der Waals surface area contributed by atoms with Crippen LogP contribution in [0.2, 0.25) is 0 Å². The molecule has 0 N–H and O–H groups in total. The highest BCUT2D eigenvalue weighted by Gasteiger charge is 2.18. The number of furan rings is 1. The number of para-hydroxylation sites is 2. The monoisotopic (exact) mass is 587 g/mol. The van der Waals surface area contributed by atoms with Gasteiger partial charge in [-0.2, -0.15) is 0 Å². The topological polar surface area (TPSA) is 16.4 Å². The SMILES string of the molecule is c1ccc(-c2ccc(N(c3ccccc3)c3cccc(-c4cccc5c4oc4c5ccc5ccc6ccccc6c54)c3)cc2)cc1. The summed E-state index contributed by atoms with van der Waals surface area (Å²) in [6, 6.07) is 62.5. The van der Waals surface area contributed by atoms with Crippen molar-refractivity contribution in [1.29, 1.82) is 0 Å². The summed E-state index contributed by atoms with van der Waals surface area (Å²) in [5, 5.41) is 7.05. The molecule has 1 heterocycles. The first-order chi connectivity index (χ1) is 22.8. The first kappa shape index (κ1) is 26.3. The van der Waals surface area contributed by atoms with Crippen molar-refractivity contribution in [2.24, 2.45) is 0 Å². The number of hydrogen-bond acceptors (Lipinski definition) is 2. The normalized spacial score (nSPS) is 11.5. The molecule has 8 aromatic carbocycles. The van der Waals surface area contributed by atoms with E-state index >= 15 is 0 Å². The largest absolute Gasteiger partial charge is 0.455 e. The minimum absolute atomic E-state index is 0.911.